The topological polar surface area (TPSA) is 116 Å². The lowest BCUT2D eigenvalue weighted by molar-refractivity contribution is -0.142. The highest BCUT2D eigenvalue weighted by Gasteiger charge is 2.33. The maximum absolute atomic E-state index is 12.2. The Bertz CT molecular complexity index is 491. The first-order valence-corrected chi connectivity index (χ1v) is 8.38. The molecule has 1 amide bonds. The Labute approximate surface area is 125 Å². The molecule has 21 heavy (non-hydrogen) atoms. The number of nitrogens with zero attached hydrogens (tertiary/aromatic N) is 1. The maximum atomic E-state index is 12.2. The summed E-state index contributed by atoms with van der Waals surface area (Å²) in [6.45, 7) is 5.21. The van der Waals surface area contributed by atoms with Crippen molar-refractivity contribution in [3.05, 3.63) is 0 Å². The molecule has 0 aromatic heterocycles. The minimum atomic E-state index is -3.87. The van der Waals surface area contributed by atoms with E-state index in [1.807, 2.05) is 0 Å². The number of carboxylic acids is 1. The fourth-order valence-corrected chi connectivity index (χ4v) is 3.57. The second-order valence-corrected chi connectivity index (χ2v) is 7.25. The second-order valence-electron chi connectivity index (χ2n) is 5.54. The monoisotopic (exact) mass is 321 g/mol. The summed E-state index contributed by atoms with van der Waals surface area (Å²) in [7, 11) is -3.87. The normalized spacial score (nSPS) is 22.0. The van der Waals surface area contributed by atoms with Crippen LogP contribution in [0, 0.1) is 5.92 Å². The van der Waals surface area contributed by atoms with Crippen LogP contribution >= 0.6 is 0 Å². The second kappa shape index (κ2) is 7.19. The number of aliphatic carboxylic acids is 1. The summed E-state index contributed by atoms with van der Waals surface area (Å²) in [5, 5.41) is 11.6. The number of nitrogens with one attached hydrogen (secondary N) is 2. The number of piperidine rings is 1. The summed E-state index contributed by atoms with van der Waals surface area (Å²) < 4.78 is 27.8. The maximum Gasteiger partial charge on any atom is 0.307 e. The van der Waals surface area contributed by atoms with Crippen LogP contribution in [0.15, 0.2) is 0 Å². The van der Waals surface area contributed by atoms with E-state index in [2.05, 4.69) is 10.0 Å². The average molecular weight is 321 g/mol. The zero-order chi connectivity index (χ0) is 16.2. The van der Waals surface area contributed by atoms with Crippen molar-refractivity contribution < 1.29 is 23.1 Å². The summed E-state index contributed by atoms with van der Waals surface area (Å²) >= 11 is 0. The van der Waals surface area contributed by atoms with Crippen LogP contribution in [0.2, 0.25) is 0 Å². The van der Waals surface area contributed by atoms with Crippen LogP contribution in [0.1, 0.15) is 33.6 Å². The molecule has 2 atom stereocenters. The molecule has 3 N–H and O–H groups in total. The number of hydrogen-bond donors (Lipinski definition) is 3. The molecule has 1 saturated heterocycles. The minimum absolute atomic E-state index is 0.0663. The van der Waals surface area contributed by atoms with Gasteiger partial charge in [0, 0.05) is 19.1 Å². The van der Waals surface area contributed by atoms with Gasteiger partial charge in [-0.25, -0.2) is 0 Å². The Balaban J connectivity index is 2.68. The van der Waals surface area contributed by atoms with Gasteiger partial charge < -0.3 is 10.4 Å². The van der Waals surface area contributed by atoms with Gasteiger partial charge in [0.05, 0.1) is 12.0 Å². The van der Waals surface area contributed by atoms with Gasteiger partial charge in [0.1, 0.15) is 0 Å². The molecule has 8 nitrogen and oxygen atoms in total. The van der Waals surface area contributed by atoms with Crippen molar-refractivity contribution in [2.24, 2.45) is 5.92 Å². The van der Waals surface area contributed by atoms with Crippen LogP contribution in [0.4, 0.5) is 0 Å². The smallest absolute Gasteiger partial charge is 0.307 e. The molecular weight excluding hydrogens is 298 g/mol. The zero-order valence-electron chi connectivity index (χ0n) is 12.5. The van der Waals surface area contributed by atoms with Crippen molar-refractivity contribution in [3.63, 3.8) is 0 Å². The predicted octanol–water partition coefficient (Wildman–Crippen LogP) is -0.469. The Morgan fingerprint density at radius 3 is 2.43 bits per heavy atom. The predicted molar refractivity (Wildman–Crippen MR) is 76.7 cm³/mol. The molecule has 9 heteroatoms. The van der Waals surface area contributed by atoms with Crippen LogP contribution in [-0.4, -0.2) is 54.9 Å². The first-order chi connectivity index (χ1) is 9.63. The van der Waals surface area contributed by atoms with Crippen LogP contribution in [0.3, 0.4) is 0 Å². The third-order valence-corrected chi connectivity index (χ3v) is 4.89. The van der Waals surface area contributed by atoms with Gasteiger partial charge in [-0.1, -0.05) is 0 Å². The number of carbonyl (C=O) groups excluding carboxylic acids is 1. The fourth-order valence-electron chi connectivity index (χ4n) is 2.12. The Morgan fingerprint density at radius 2 is 1.90 bits per heavy atom. The van der Waals surface area contributed by atoms with Gasteiger partial charge in [-0.15, -0.1) is 0 Å². The first kappa shape index (κ1) is 17.9. The van der Waals surface area contributed by atoms with E-state index in [0.717, 1.165) is 4.31 Å². The quantitative estimate of drug-likeness (QED) is 0.612. The summed E-state index contributed by atoms with van der Waals surface area (Å²) in [5.74, 6) is -2.11. The summed E-state index contributed by atoms with van der Waals surface area (Å²) in [6.07, 6.45) is 0.954. The van der Waals surface area contributed by atoms with E-state index in [0.29, 0.717) is 12.8 Å². The molecule has 1 fully saturated rings. The molecule has 0 radical (unpaired) electrons. The van der Waals surface area contributed by atoms with Gasteiger partial charge in [0.25, 0.3) is 10.2 Å². The van der Waals surface area contributed by atoms with E-state index in [-0.39, 0.29) is 19.1 Å². The van der Waals surface area contributed by atoms with E-state index < -0.39 is 34.0 Å². The van der Waals surface area contributed by atoms with Crippen molar-refractivity contribution in [2.45, 2.75) is 45.7 Å². The van der Waals surface area contributed by atoms with E-state index >= 15 is 0 Å². The Kier molecular flexibility index (Phi) is 6.11. The molecule has 0 bridgehead atoms. The molecule has 1 aliphatic rings. The number of carbonyl (C=O) groups is 2. The molecule has 122 valence electrons. The van der Waals surface area contributed by atoms with Crippen LogP contribution in [0.5, 0.6) is 0 Å². The van der Waals surface area contributed by atoms with Crippen LogP contribution in [0.25, 0.3) is 0 Å². The van der Waals surface area contributed by atoms with Crippen molar-refractivity contribution >= 4 is 22.1 Å². The van der Waals surface area contributed by atoms with Crippen LogP contribution < -0.4 is 10.0 Å². The molecule has 2 unspecified atom stereocenters. The van der Waals surface area contributed by atoms with Crippen molar-refractivity contribution in [3.8, 4) is 0 Å². The van der Waals surface area contributed by atoms with Gasteiger partial charge >= 0.3 is 5.97 Å². The summed E-state index contributed by atoms with van der Waals surface area (Å²) in [4.78, 5) is 22.7. The largest absolute Gasteiger partial charge is 0.481 e. The van der Waals surface area contributed by atoms with Crippen LogP contribution in [-0.2, 0) is 19.8 Å². The van der Waals surface area contributed by atoms with Gasteiger partial charge in [0.2, 0.25) is 5.91 Å². The van der Waals surface area contributed by atoms with Gasteiger partial charge in [-0.3, -0.25) is 9.59 Å². The van der Waals surface area contributed by atoms with E-state index in [4.69, 9.17) is 5.11 Å². The fraction of sp³-hybridized carbons (Fsp3) is 0.833. The Hall–Kier alpha value is -1.19. The third kappa shape index (κ3) is 5.25. The van der Waals surface area contributed by atoms with E-state index in [9.17, 15) is 18.0 Å². The Morgan fingerprint density at radius 1 is 1.29 bits per heavy atom. The molecule has 1 heterocycles. The highest BCUT2D eigenvalue weighted by Crippen LogP contribution is 2.18. The van der Waals surface area contributed by atoms with E-state index in [1.54, 1.807) is 13.8 Å². The molecule has 0 aliphatic carbocycles. The van der Waals surface area contributed by atoms with Crippen molar-refractivity contribution in [1.29, 1.82) is 0 Å². The molecule has 1 aliphatic heterocycles. The van der Waals surface area contributed by atoms with Gasteiger partial charge in [-0.2, -0.15) is 17.4 Å². The minimum Gasteiger partial charge on any atom is -0.481 e. The summed E-state index contributed by atoms with van der Waals surface area (Å²) in [6, 6.07) is -1.00. The number of hydrogen-bond acceptors (Lipinski definition) is 4. The summed E-state index contributed by atoms with van der Waals surface area (Å²) in [5.41, 5.74) is 0. The number of amides is 1. The highest BCUT2D eigenvalue weighted by molar-refractivity contribution is 7.87. The zero-order valence-corrected chi connectivity index (χ0v) is 13.3. The SMILES string of the molecule is CC(C)NC(=O)C(C)NS(=O)(=O)N1CCCC(C(=O)O)C1. The van der Waals surface area contributed by atoms with Crippen molar-refractivity contribution in [1.82, 2.24) is 14.3 Å². The first-order valence-electron chi connectivity index (χ1n) is 6.94. The lowest BCUT2D eigenvalue weighted by atomic mass is 10.0. The molecule has 0 aromatic rings. The number of carboxylic acid groups (broad SMARTS) is 1. The molecule has 0 aromatic carbocycles. The molecular formula is C12H23N3O5S. The standard InChI is InChI=1S/C12H23N3O5S/c1-8(2)13-11(16)9(3)14-21(19,20)15-6-4-5-10(7-15)12(17)18/h8-10,14H,4-7H2,1-3H3,(H,13,16)(H,17,18). The highest BCUT2D eigenvalue weighted by atomic mass is 32.2. The lowest BCUT2D eigenvalue weighted by Gasteiger charge is -2.30. The third-order valence-electron chi connectivity index (χ3n) is 3.22. The lowest BCUT2D eigenvalue weighted by Crippen LogP contribution is -2.53. The average Bonchev–Trinajstić information content (AvgIpc) is 2.37. The number of rotatable bonds is 6. The van der Waals surface area contributed by atoms with Crippen molar-refractivity contribution in [2.75, 3.05) is 13.1 Å². The van der Waals surface area contributed by atoms with Gasteiger partial charge in [-0.05, 0) is 33.6 Å². The molecule has 1 rings (SSSR count). The molecule has 0 spiro atoms. The molecule has 0 saturated carbocycles. The van der Waals surface area contributed by atoms with Gasteiger partial charge in [0.15, 0.2) is 0 Å². The van der Waals surface area contributed by atoms with E-state index in [1.165, 1.54) is 6.92 Å².